The first-order valence-corrected chi connectivity index (χ1v) is 4.63. The molecule has 0 unspecified atom stereocenters. The topological polar surface area (TPSA) is 64.8 Å². The van der Waals surface area contributed by atoms with Gasteiger partial charge in [-0.2, -0.15) is 10.3 Å². The lowest BCUT2D eigenvalue weighted by Gasteiger charge is -2.00. The van der Waals surface area contributed by atoms with Crippen molar-refractivity contribution >= 4 is 34.1 Å². The molecule has 5 heteroatoms. The van der Waals surface area contributed by atoms with Crippen molar-refractivity contribution in [3.63, 3.8) is 0 Å². The van der Waals surface area contributed by atoms with E-state index in [2.05, 4.69) is 38.4 Å². The Morgan fingerprint density at radius 1 is 1.60 bits per heavy atom. The minimum absolute atomic E-state index is 0.511. The van der Waals surface area contributed by atoms with Crippen molar-refractivity contribution < 1.29 is 0 Å². The molecule has 0 saturated carbocycles. The number of nitrogens with zero attached hydrogens (tertiary/aromatic N) is 3. The van der Waals surface area contributed by atoms with Crippen LogP contribution in [0.3, 0.4) is 0 Å². The molecule has 0 atom stereocenters. The van der Waals surface area contributed by atoms with Crippen molar-refractivity contribution in [3.05, 3.63) is 23.5 Å². The van der Waals surface area contributed by atoms with Crippen LogP contribution in [0.5, 0.6) is 0 Å². The first-order chi connectivity index (χ1) is 7.27. The predicted molar refractivity (Wildman–Crippen MR) is 60.2 cm³/mol. The largest absolute Gasteiger partial charge is 0.343 e. The van der Waals surface area contributed by atoms with E-state index in [4.69, 9.17) is 5.26 Å². The fourth-order valence-electron chi connectivity index (χ4n) is 1.48. The van der Waals surface area contributed by atoms with Gasteiger partial charge >= 0.3 is 0 Å². The lowest BCUT2D eigenvalue weighted by atomic mass is 10.1. The number of aromatic amines is 1. The number of aryl methyl sites for hydroxylation is 1. The second-order valence-electron chi connectivity index (χ2n) is 3.01. The zero-order valence-electron chi connectivity index (χ0n) is 7.90. The number of thiocarbonyl (C=S) groups is 1. The standard InChI is InChI=1S/C10H6N4S/c1-6-8(14-5-15)2-7(3-11)10-9(6)12-4-13-10/h2,4H,1H3,(H,12,13). The maximum atomic E-state index is 8.95. The van der Waals surface area contributed by atoms with Crippen molar-refractivity contribution in [2.75, 3.05) is 0 Å². The monoisotopic (exact) mass is 214 g/mol. The van der Waals surface area contributed by atoms with E-state index in [1.807, 2.05) is 6.92 Å². The molecule has 0 amide bonds. The number of isothiocyanates is 1. The lowest BCUT2D eigenvalue weighted by Crippen LogP contribution is -1.84. The van der Waals surface area contributed by atoms with Gasteiger partial charge < -0.3 is 4.98 Å². The molecule has 0 aliphatic rings. The third kappa shape index (κ3) is 1.42. The number of fused-ring (bicyclic) bond motifs is 1. The highest BCUT2D eigenvalue weighted by Crippen LogP contribution is 2.27. The van der Waals surface area contributed by atoms with Gasteiger partial charge in [-0.3, -0.25) is 0 Å². The van der Waals surface area contributed by atoms with Crippen molar-refractivity contribution in [2.24, 2.45) is 4.99 Å². The number of H-pyrrole nitrogens is 1. The first-order valence-electron chi connectivity index (χ1n) is 4.22. The molecule has 0 spiro atoms. The van der Waals surface area contributed by atoms with Gasteiger partial charge in [-0.1, -0.05) is 0 Å². The van der Waals surface area contributed by atoms with Crippen molar-refractivity contribution in [3.8, 4) is 6.07 Å². The highest BCUT2D eigenvalue weighted by atomic mass is 32.1. The smallest absolute Gasteiger partial charge is 0.101 e. The molecular weight excluding hydrogens is 208 g/mol. The summed E-state index contributed by atoms with van der Waals surface area (Å²) >= 11 is 4.55. The molecule has 1 aromatic carbocycles. The Morgan fingerprint density at radius 2 is 2.40 bits per heavy atom. The van der Waals surface area contributed by atoms with Crippen LogP contribution in [0.15, 0.2) is 17.4 Å². The highest BCUT2D eigenvalue weighted by molar-refractivity contribution is 7.78. The SMILES string of the molecule is Cc1c(N=C=S)cc(C#N)c2[nH]cnc12. The van der Waals surface area contributed by atoms with Crippen LogP contribution >= 0.6 is 12.2 Å². The third-order valence-corrected chi connectivity index (χ3v) is 2.31. The average Bonchev–Trinajstić information content (AvgIpc) is 2.71. The molecule has 1 heterocycles. The summed E-state index contributed by atoms with van der Waals surface area (Å²) in [6.45, 7) is 1.88. The van der Waals surface area contributed by atoms with E-state index in [1.54, 1.807) is 12.4 Å². The van der Waals surface area contributed by atoms with Crippen LogP contribution < -0.4 is 0 Å². The van der Waals surface area contributed by atoms with Gasteiger partial charge in [0.05, 0.1) is 33.8 Å². The number of hydrogen-bond acceptors (Lipinski definition) is 4. The molecule has 1 N–H and O–H groups in total. The molecule has 72 valence electrons. The molecule has 0 aliphatic heterocycles. The van der Waals surface area contributed by atoms with Crippen LogP contribution in [0, 0.1) is 18.3 Å². The number of nitrogens with one attached hydrogen (secondary N) is 1. The van der Waals surface area contributed by atoms with E-state index in [0.717, 1.165) is 16.6 Å². The van der Waals surface area contributed by atoms with Crippen molar-refractivity contribution in [2.45, 2.75) is 6.92 Å². The summed E-state index contributed by atoms with van der Waals surface area (Å²) in [4.78, 5) is 11.0. The van der Waals surface area contributed by atoms with Crippen LogP contribution in [-0.4, -0.2) is 15.1 Å². The van der Waals surface area contributed by atoms with E-state index in [0.29, 0.717) is 11.3 Å². The quantitative estimate of drug-likeness (QED) is 0.585. The average molecular weight is 214 g/mol. The zero-order chi connectivity index (χ0) is 10.8. The number of hydrogen-bond donors (Lipinski definition) is 1. The molecule has 0 saturated heterocycles. The normalized spacial score (nSPS) is 9.60. The van der Waals surface area contributed by atoms with Gasteiger partial charge in [0.25, 0.3) is 0 Å². The molecule has 0 fully saturated rings. The van der Waals surface area contributed by atoms with Gasteiger partial charge in [-0.15, -0.1) is 0 Å². The maximum Gasteiger partial charge on any atom is 0.101 e. The molecule has 15 heavy (non-hydrogen) atoms. The fourth-order valence-corrected chi connectivity index (χ4v) is 1.57. The molecule has 1 aromatic heterocycles. The minimum atomic E-state index is 0.511. The number of nitriles is 1. The van der Waals surface area contributed by atoms with Gasteiger partial charge in [0.2, 0.25) is 0 Å². The summed E-state index contributed by atoms with van der Waals surface area (Å²) in [6.07, 6.45) is 1.56. The Labute approximate surface area is 91.3 Å². The van der Waals surface area contributed by atoms with E-state index in [1.165, 1.54) is 0 Å². The summed E-state index contributed by atoms with van der Waals surface area (Å²) in [5.41, 5.74) is 3.53. The van der Waals surface area contributed by atoms with E-state index < -0.39 is 0 Å². The van der Waals surface area contributed by atoms with Crippen LogP contribution in [0.1, 0.15) is 11.1 Å². The summed E-state index contributed by atoms with van der Waals surface area (Å²) < 4.78 is 0. The Balaban J connectivity index is 2.92. The molecule has 0 radical (unpaired) electrons. The summed E-state index contributed by atoms with van der Waals surface area (Å²) in [5.74, 6) is 0. The number of aromatic nitrogens is 2. The van der Waals surface area contributed by atoms with Gasteiger partial charge in [-0.05, 0) is 25.2 Å². The summed E-state index contributed by atoms with van der Waals surface area (Å²) in [6, 6.07) is 3.76. The molecule has 2 aromatic rings. The highest BCUT2D eigenvalue weighted by Gasteiger charge is 2.10. The number of benzene rings is 1. The predicted octanol–water partition coefficient (Wildman–Crippen LogP) is 2.48. The van der Waals surface area contributed by atoms with Crippen molar-refractivity contribution in [1.29, 1.82) is 5.26 Å². The number of imidazole rings is 1. The van der Waals surface area contributed by atoms with E-state index >= 15 is 0 Å². The Morgan fingerprint density at radius 3 is 3.07 bits per heavy atom. The molecule has 2 rings (SSSR count). The van der Waals surface area contributed by atoms with Gasteiger partial charge in [0, 0.05) is 5.56 Å². The minimum Gasteiger partial charge on any atom is -0.343 e. The summed E-state index contributed by atoms with van der Waals surface area (Å²) in [5, 5.41) is 11.2. The van der Waals surface area contributed by atoms with Crippen LogP contribution in [0.2, 0.25) is 0 Å². The summed E-state index contributed by atoms with van der Waals surface area (Å²) in [7, 11) is 0. The Bertz CT molecular complexity index is 614. The van der Waals surface area contributed by atoms with Crippen LogP contribution in [-0.2, 0) is 0 Å². The van der Waals surface area contributed by atoms with Gasteiger partial charge in [-0.25, -0.2) is 4.98 Å². The van der Waals surface area contributed by atoms with Crippen molar-refractivity contribution in [1.82, 2.24) is 9.97 Å². The Hall–Kier alpha value is -2.02. The van der Waals surface area contributed by atoms with E-state index in [-0.39, 0.29) is 0 Å². The second kappa shape index (κ2) is 3.62. The third-order valence-electron chi connectivity index (χ3n) is 2.22. The zero-order valence-corrected chi connectivity index (χ0v) is 8.72. The Kier molecular flexibility index (Phi) is 2.30. The first kappa shape index (κ1) is 9.53. The lowest BCUT2D eigenvalue weighted by molar-refractivity contribution is 1.33. The molecule has 4 nitrogen and oxygen atoms in total. The number of rotatable bonds is 1. The van der Waals surface area contributed by atoms with E-state index in [9.17, 15) is 0 Å². The van der Waals surface area contributed by atoms with Gasteiger partial charge in [0.15, 0.2) is 0 Å². The molecule has 0 bridgehead atoms. The molecular formula is C10H6N4S. The molecule has 0 aliphatic carbocycles. The van der Waals surface area contributed by atoms with Crippen LogP contribution in [0.25, 0.3) is 11.0 Å². The second-order valence-corrected chi connectivity index (χ2v) is 3.19. The maximum absolute atomic E-state index is 8.95. The number of aliphatic imine (C=N–C) groups is 1. The van der Waals surface area contributed by atoms with Gasteiger partial charge in [0.1, 0.15) is 6.07 Å². The fraction of sp³-hybridized carbons (Fsp3) is 0.100. The van der Waals surface area contributed by atoms with Crippen LogP contribution in [0.4, 0.5) is 5.69 Å².